The van der Waals surface area contributed by atoms with Crippen molar-refractivity contribution in [1.29, 1.82) is 0 Å². The Morgan fingerprint density at radius 2 is 1.40 bits per heavy atom. The normalized spacial score (nSPS) is 12.5. The Hall–Kier alpha value is -4.56. The first kappa shape index (κ1) is 22.2. The molecule has 0 fully saturated rings. The van der Waals surface area contributed by atoms with E-state index >= 15 is 0 Å². The van der Waals surface area contributed by atoms with E-state index in [-0.39, 0.29) is 16.7 Å². The van der Waals surface area contributed by atoms with E-state index in [4.69, 9.17) is 11.6 Å². The second-order valence-electron chi connectivity index (χ2n) is 7.80. The Kier molecular flexibility index (Phi) is 5.72. The molecule has 35 heavy (non-hydrogen) atoms. The average Bonchev–Trinajstić information content (AvgIpc) is 3.12. The molecule has 3 aromatic carbocycles. The number of hydrogen-bond donors (Lipinski definition) is 2. The molecule has 4 aromatic rings. The minimum atomic E-state index is -0.724. The van der Waals surface area contributed by atoms with Gasteiger partial charge in [0.1, 0.15) is 6.54 Å². The number of hydrogen-bond acceptors (Lipinski definition) is 5. The van der Waals surface area contributed by atoms with Crippen LogP contribution in [0.15, 0.2) is 78.9 Å². The third kappa shape index (κ3) is 4.11. The van der Waals surface area contributed by atoms with Gasteiger partial charge in [0.05, 0.1) is 27.9 Å². The molecule has 0 bridgehead atoms. The van der Waals surface area contributed by atoms with E-state index in [2.05, 4.69) is 15.8 Å². The van der Waals surface area contributed by atoms with Crippen molar-refractivity contribution in [3.05, 3.63) is 101 Å². The Bertz CT molecular complexity index is 1500. The molecule has 0 spiro atoms. The molecule has 4 amide bonds. The Balaban J connectivity index is 1.35. The highest BCUT2D eigenvalue weighted by atomic mass is 35.5. The lowest BCUT2D eigenvalue weighted by atomic mass is 10.0. The summed E-state index contributed by atoms with van der Waals surface area (Å²) in [5.74, 6) is -2.43. The van der Waals surface area contributed by atoms with Crippen molar-refractivity contribution >= 4 is 46.1 Å². The lowest BCUT2D eigenvalue weighted by Crippen LogP contribution is -2.47. The topological polar surface area (TPSA) is 108 Å². The highest BCUT2D eigenvalue weighted by molar-refractivity contribution is 6.33. The lowest BCUT2D eigenvalue weighted by molar-refractivity contribution is -0.122. The summed E-state index contributed by atoms with van der Waals surface area (Å²) < 4.78 is 0. The van der Waals surface area contributed by atoms with Crippen LogP contribution in [0.3, 0.4) is 0 Å². The summed E-state index contributed by atoms with van der Waals surface area (Å²) in [6.07, 6.45) is 0. The van der Waals surface area contributed by atoms with Crippen LogP contribution in [0.4, 0.5) is 0 Å². The van der Waals surface area contributed by atoms with E-state index in [1.54, 1.807) is 60.7 Å². The zero-order chi connectivity index (χ0) is 24.5. The Labute approximate surface area is 204 Å². The molecule has 1 aliphatic heterocycles. The lowest BCUT2D eigenvalue weighted by Gasteiger charge is -2.15. The molecular formula is C26H17ClN4O4. The molecule has 2 heterocycles. The SMILES string of the molecule is O=C(CN1C(=O)c2ccccc2C1=O)NNC(=O)c1cc(-c2ccccc2Cl)nc2ccccc12. The zero-order valence-corrected chi connectivity index (χ0v) is 18.9. The van der Waals surface area contributed by atoms with Gasteiger partial charge in [0.25, 0.3) is 23.6 Å². The monoisotopic (exact) mass is 484 g/mol. The van der Waals surface area contributed by atoms with Crippen molar-refractivity contribution in [1.82, 2.24) is 20.7 Å². The third-order valence-electron chi connectivity index (χ3n) is 5.61. The number of pyridine rings is 1. The summed E-state index contributed by atoms with van der Waals surface area (Å²) in [4.78, 5) is 55.9. The number of hydrazine groups is 1. The van der Waals surface area contributed by atoms with Crippen LogP contribution in [-0.2, 0) is 4.79 Å². The largest absolute Gasteiger partial charge is 0.271 e. The first-order chi connectivity index (χ1) is 16.9. The minimum Gasteiger partial charge on any atom is -0.271 e. The van der Waals surface area contributed by atoms with E-state index in [0.717, 1.165) is 4.90 Å². The number of carbonyl (C=O) groups is 4. The molecule has 1 aliphatic rings. The second kappa shape index (κ2) is 9.00. The van der Waals surface area contributed by atoms with Crippen LogP contribution in [0.25, 0.3) is 22.2 Å². The molecule has 2 N–H and O–H groups in total. The number of imide groups is 1. The third-order valence-corrected chi connectivity index (χ3v) is 5.94. The highest BCUT2D eigenvalue weighted by Gasteiger charge is 2.36. The molecule has 1 aromatic heterocycles. The molecule has 8 nitrogen and oxygen atoms in total. The van der Waals surface area contributed by atoms with Crippen LogP contribution >= 0.6 is 11.6 Å². The summed E-state index contributed by atoms with van der Waals surface area (Å²) in [6, 6.07) is 22.2. The van der Waals surface area contributed by atoms with Gasteiger partial charge in [-0.05, 0) is 30.3 Å². The maximum atomic E-state index is 13.0. The van der Waals surface area contributed by atoms with Crippen LogP contribution in [0.1, 0.15) is 31.1 Å². The molecule has 0 saturated heterocycles. The number of fused-ring (bicyclic) bond motifs is 2. The van der Waals surface area contributed by atoms with Gasteiger partial charge in [-0.25, -0.2) is 4.98 Å². The van der Waals surface area contributed by atoms with E-state index in [1.807, 2.05) is 6.07 Å². The minimum absolute atomic E-state index is 0.240. The molecule has 172 valence electrons. The first-order valence-corrected chi connectivity index (χ1v) is 11.0. The van der Waals surface area contributed by atoms with Crippen molar-refractivity contribution in [2.75, 3.05) is 6.54 Å². The van der Waals surface area contributed by atoms with Gasteiger partial charge in [-0.15, -0.1) is 0 Å². The first-order valence-electron chi connectivity index (χ1n) is 10.6. The summed E-state index contributed by atoms with van der Waals surface area (Å²) in [5.41, 5.74) is 7.12. The second-order valence-corrected chi connectivity index (χ2v) is 8.20. The van der Waals surface area contributed by atoms with Crippen molar-refractivity contribution in [2.45, 2.75) is 0 Å². The average molecular weight is 485 g/mol. The number of carbonyl (C=O) groups excluding carboxylic acids is 4. The fourth-order valence-electron chi connectivity index (χ4n) is 3.93. The van der Waals surface area contributed by atoms with Crippen LogP contribution in [-0.4, -0.2) is 40.1 Å². The quantitative estimate of drug-likeness (QED) is 0.340. The standard InChI is InChI=1S/C26H17ClN4O4/c27-20-11-5-3-10-18(20)22-13-19(15-7-4-6-12-21(15)28-22)24(33)30-29-23(32)14-31-25(34)16-8-1-2-9-17(16)26(31)35/h1-13H,14H2,(H,29,32)(H,30,33). The van der Waals surface area contributed by atoms with Gasteiger partial charge < -0.3 is 0 Å². The number of nitrogens with one attached hydrogen (secondary N) is 2. The number of benzene rings is 3. The van der Waals surface area contributed by atoms with E-state index in [1.165, 1.54) is 12.1 Å². The molecule has 0 aliphatic carbocycles. The molecule has 0 atom stereocenters. The number of halogens is 1. The maximum Gasteiger partial charge on any atom is 0.270 e. The van der Waals surface area contributed by atoms with E-state index in [9.17, 15) is 19.2 Å². The van der Waals surface area contributed by atoms with Crippen LogP contribution in [0, 0.1) is 0 Å². The number of aromatic nitrogens is 1. The smallest absolute Gasteiger partial charge is 0.270 e. The van der Waals surface area contributed by atoms with Gasteiger partial charge in [-0.1, -0.05) is 60.1 Å². The van der Waals surface area contributed by atoms with Crippen molar-refractivity contribution in [3.8, 4) is 11.3 Å². The summed E-state index contributed by atoms with van der Waals surface area (Å²) in [7, 11) is 0. The molecule has 5 rings (SSSR count). The molecule has 9 heteroatoms. The van der Waals surface area contributed by atoms with E-state index < -0.39 is 30.2 Å². The number of nitrogens with zero attached hydrogens (tertiary/aromatic N) is 2. The number of rotatable bonds is 4. The molecular weight excluding hydrogens is 468 g/mol. The Morgan fingerprint density at radius 3 is 2.09 bits per heavy atom. The molecule has 0 saturated carbocycles. The van der Waals surface area contributed by atoms with E-state index in [0.29, 0.717) is 27.2 Å². The van der Waals surface area contributed by atoms with Crippen molar-refractivity contribution in [2.24, 2.45) is 0 Å². The van der Waals surface area contributed by atoms with Gasteiger partial charge in [0, 0.05) is 16.0 Å². The molecule has 0 unspecified atom stereocenters. The number of amides is 4. The fraction of sp³-hybridized carbons (Fsp3) is 0.0385. The summed E-state index contributed by atoms with van der Waals surface area (Å²) >= 11 is 6.33. The van der Waals surface area contributed by atoms with Gasteiger partial charge in [0.15, 0.2) is 0 Å². The molecule has 0 radical (unpaired) electrons. The van der Waals surface area contributed by atoms with Gasteiger partial charge in [-0.2, -0.15) is 0 Å². The number of para-hydroxylation sites is 1. The van der Waals surface area contributed by atoms with Crippen LogP contribution < -0.4 is 10.9 Å². The zero-order valence-electron chi connectivity index (χ0n) is 18.1. The Morgan fingerprint density at radius 1 is 0.800 bits per heavy atom. The van der Waals surface area contributed by atoms with Gasteiger partial charge >= 0.3 is 0 Å². The van der Waals surface area contributed by atoms with Crippen LogP contribution in [0.2, 0.25) is 5.02 Å². The maximum absolute atomic E-state index is 13.0. The predicted octanol–water partition coefficient (Wildman–Crippen LogP) is 3.61. The van der Waals surface area contributed by atoms with Crippen LogP contribution in [0.5, 0.6) is 0 Å². The van der Waals surface area contributed by atoms with Crippen molar-refractivity contribution < 1.29 is 19.2 Å². The summed E-state index contributed by atoms with van der Waals surface area (Å²) in [5, 5.41) is 1.06. The summed E-state index contributed by atoms with van der Waals surface area (Å²) in [6.45, 7) is -0.533. The van der Waals surface area contributed by atoms with Crippen molar-refractivity contribution in [3.63, 3.8) is 0 Å². The van der Waals surface area contributed by atoms with Gasteiger partial charge in [-0.3, -0.25) is 34.9 Å². The fourth-order valence-corrected chi connectivity index (χ4v) is 4.16. The van der Waals surface area contributed by atoms with Gasteiger partial charge in [0.2, 0.25) is 0 Å². The highest BCUT2D eigenvalue weighted by Crippen LogP contribution is 2.29. The predicted molar refractivity (Wildman–Crippen MR) is 130 cm³/mol.